The molecule has 0 radical (unpaired) electrons. The Labute approximate surface area is 72.8 Å². The molecule has 0 spiro atoms. The van der Waals surface area contributed by atoms with E-state index in [4.69, 9.17) is 0 Å². The van der Waals surface area contributed by atoms with Crippen LogP contribution in [0, 0.1) is 13.8 Å². The molecule has 0 fully saturated rings. The number of benzene rings is 1. The number of hydrogen-bond acceptors (Lipinski definition) is 1. The second kappa shape index (κ2) is 3.39. The molecule has 0 aliphatic rings. The molecule has 0 heterocycles. The summed E-state index contributed by atoms with van der Waals surface area (Å²) in [5.74, 6) is 0. The van der Waals surface area contributed by atoms with E-state index in [0.717, 1.165) is 12.1 Å². The van der Waals surface area contributed by atoms with Crippen LogP contribution in [0.2, 0.25) is 0 Å². The van der Waals surface area contributed by atoms with Crippen LogP contribution < -0.4 is 4.90 Å². The Bertz CT molecular complexity index is 294. The third kappa shape index (κ3) is 1.64. The Morgan fingerprint density at radius 1 is 1.25 bits per heavy atom. The monoisotopic (exact) mass is 163 g/mol. The highest BCUT2D eigenvalue weighted by Crippen LogP contribution is 2.16. The van der Waals surface area contributed by atoms with Gasteiger partial charge in [0.15, 0.2) is 0 Å². The van der Waals surface area contributed by atoms with Crippen LogP contribution in [0.3, 0.4) is 0 Å². The molecule has 0 saturated carbocycles. The lowest BCUT2D eigenvalue weighted by atomic mass is 10.1. The Morgan fingerprint density at radius 2 is 1.92 bits per heavy atom. The van der Waals surface area contributed by atoms with Crippen molar-refractivity contribution >= 4 is 12.1 Å². The highest BCUT2D eigenvalue weighted by Gasteiger charge is 1.99. The maximum Gasteiger partial charge on any atom is 0.213 e. The van der Waals surface area contributed by atoms with E-state index >= 15 is 0 Å². The zero-order valence-corrected chi connectivity index (χ0v) is 7.66. The maximum atomic E-state index is 10.4. The van der Waals surface area contributed by atoms with Crippen molar-refractivity contribution in [2.45, 2.75) is 13.8 Å². The Balaban J connectivity index is 3.04. The summed E-state index contributed by atoms with van der Waals surface area (Å²) in [4.78, 5) is 12.0. The SMILES string of the molecule is Cc1ccc(N(C)C=O)cc1C. The normalized spacial score (nSPS) is 9.58. The highest BCUT2D eigenvalue weighted by atomic mass is 16.1. The second-order valence-electron chi connectivity index (χ2n) is 2.98. The molecule has 0 unspecified atom stereocenters. The van der Waals surface area contributed by atoms with Gasteiger partial charge in [-0.05, 0) is 37.1 Å². The molecule has 12 heavy (non-hydrogen) atoms. The van der Waals surface area contributed by atoms with Crippen molar-refractivity contribution in [2.75, 3.05) is 11.9 Å². The predicted molar refractivity (Wildman–Crippen MR) is 50.4 cm³/mol. The number of carbonyl (C=O) groups is 1. The van der Waals surface area contributed by atoms with Gasteiger partial charge in [-0.1, -0.05) is 6.07 Å². The Hall–Kier alpha value is -1.31. The molecular weight excluding hydrogens is 150 g/mol. The highest BCUT2D eigenvalue weighted by molar-refractivity contribution is 5.74. The van der Waals surface area contributed by atoms with Gasteiger partial charge in [-0.3, -0.25) is 4.79 Å². The molecule has 0 aliphatic heterocycles. The molecule has 0 aliphatic carbocycles. The fraction of sp³-hybridized carbons (Fsp3) is 0.300. The third-order valence-corrected chi connectivity index (χ3v) is 2.06. The van der Waals surface area contributed by atoms with Crippen molar-refractivity contribution in [1.82, 2.24) is 0 Å². The Morgan fingerprint density at radius 3 is 2.42 bits per heavy atom. The van der Waals surface area contributed by atoms with E-state index < -0.39 is 0 Å². The summed E-state index contributed by atoms with van der Waals surface area (Å²) in [5, 5.41) is 0. The molecule has 2 nitrogen and oxygen atoms in total. The van der Waals surface area contributed by atoms with Crippen molar-refractivity contribution < 1.29 is 4.79 Å². The van der Waals surface area contributed by atoms with Gasteiger partial charge in [0.25, 0.3) is 0 Å². The number of anilines is 1. The standard InChI is InChI=1S/C10H13NO/c1-8-4-5-10(6-9(8)2)11(3)7-12/h4-7H,1-3H3. The zero-order chi connectivity index (χ0) is 9.14. The minimum Gasteiger partial charge on any atom is -0.318 e. The second-order valence-corrected chi connectivity index (χ2v) is 2.98. The first kappa shape index (κ1) is 8.78. The van der Waals surface area contributed by atoms with Crippen molar-refractivity contribution in [3.8, 4) is 0 Å². The number of amides is 1. The van der Waals surface area contributed by atoms with Crippen LogP contribution >= 0.6 is 0 Å². The fourth-order valence-corrected chi connectivity index (χ4v) is 1.01. The van der Waals surface area contributed by atoms with Gasteiger partial charge >= 0.3 is 0 Å². The van der Waals surface area contributed by atoms with E-state index in [9.17, 15) is 4.79 Å². The first-order valence-corrected chi connectivity index (χ1v) is 3.90. The van der Waals surface area contributed by atoms with Gasteiger partial charge in [0, 0.05) is 12.7 Å². The molecule has 1 aromatic rings. The number of rotatable bonds is 2. The van der Waals surface area contributed by atoms with Gasteiger partial charge in [0.05, 0.1) is 0 Å². The lowest BCUT2D eigenvalue weighted by Crippen LogP contribution is -2.13. The molecule has 64 valence electrons. The van der Waals surface area contributed by atoms with Gasteiger partial charge in [0.1, 0.15) is 0 Å². The number of carbonyl (C=O) groups excluding carboxylic acids is 1. The Kier molecular flexibility index (Phi) is 2.48. The summed E-state index contributed by atoms with van der Waals surface area (Å²) in [6, 6.07) is 5.96. The van der Waals surface area contributed by atoms with Crippen LogP contribution in [0.15, 0.2) is 18.2 Å². The van der Waals surface area contributed by atoms with Crippen LogP contribution in [-0.2, 0) is 4.79 Å². The van der Waals surface area contributed by atoms with E-state index in [-0.39, 0.29) is 0 Å². The smallest absolute Gasteiger partial charge is 0.213 e. The van der Waals surface area contributed by atoms with Crippen LogP contribution in [0.4, 0.5) is 5.69 Å². The summed E-state index contributed by atoms with van der Waals surface area (Å²) >= 11 is 0. The van der Waals surface area contributed by atoms with Gasteiger partial charge in [0.2, 0.25) is 6.41 Å². The number of aryl methyl sites for hydroxylation is 2. The van der Waals surface area contributed by atoms with Gasteiger partial charge < -0.3 is 4.90 Å². The molecule has 1 amide bonds. The van der Waals surface area contributed by atoms with Gasteiger partial charge in [-0.25, -0.2) is 0 Å². The summed E-state index contributed by atoms with van der Waals surface area (Å²) in [6.07, 6.45) is 0.810. The third-order valence-electron chi connectivity index (χ3n) is 2.06. The van der Waals surface area contributed by atoms with Crippen molar-refractivity contribution in [3.05, 3.63) is 29.3 Å². The quantitative estimate of drug-likeness (QED) is 0.610. The predicted octanol–water partition coefficient (Wildman–Crippen LogP) is 1.90. The van der Waals surface area contributed by atoms with E-state index in [1.54, 1.807) is 11.9 Å². The van der Waals surface area contributed by atoms with Crippen LogP contribution in [0.5, 0.6) is 0 Å². The minimum atomic E-state index is 0.810. The van der Waals surface area contributed by atoms with Crippen LogP contribution in [-0.4, -0.2) is 13.5 Å². The topological polar surface area (TPSA) is 20.3 Å². The summed E-state index contributed by atoms with van der Waals surface area (Å²) in [6.45, 7) is 4.09. The number of hydrogen-bond donors (Lipinski definition) is 0. The fourth-order valence-electron chi connectivity index (χ4n) is 1.01. The van der Waals surface area contributed by atoms with E-state index in [0.29, 0.717) is 0 Å². The number of nitrogens with zero attached hydrogens (tertiary/aromatic N) is 1. The van der Waals surface area contributed by atoms with Crippen LogP contribution in [0.1, 0.15) is 11.1 Å². The lowest BCUT2D eigenvalue weighted by molar-refractivity contribution is -0.107. The molecule has 0 saturated heterocycles. The average molecular weight is 163 g/mol. The van der Waals surface area contributed by atoms with Crippen molar-refractivity contribution in [2.24, 2.45) is 0 Å². The first-order valence-electron chi connectivity index (χ1n) is 3.90. The summed E-state index contributed by atoms with van der Waals surface area (Å²) < 4.78 is 0. The van der Waals surface area contributed by atoms with E-state index in [2.05, 4.69) is 6.92 Å². The molecule has 1 rings (SSSR count). The molecule has 0 atom stereocenters. The molecule has 0 N–H and O–H groups in total. The largest absolute Gasteiger partial charge is 0.318 e. The first-order chi connectivity index (χ1) is 5.65. The summed E-state index contributed by atoms with van der Waals surface area (Å²) in [5.41, 5.74) is 3.40. The van der Waals surface area contributed by atoms with Gasteiger partial charge in [-0.15, -0.1) is 0 Å². The molecule has 0 aromatic heterocycles. The van der Waals surface area contributed by atoms with Crippen molar-refractivity contribution in [3.63, 3.8) is 0 Å². The molecular formula is C10H13NO. The van der Waals surface area contributed by atoms with Gasteiger partial charge in [-0.2, -0.15) is 0 Å². The van der Waals surface area contributed by atoms with Crippen LogP contribution in [0.25, 0.3) is 0 Å². The lowest BCUT2D eigenvalue weighted by Gasteiger charge is -2.11. The average Bonchev–Trinajstić information content (AvgIpc) is 2.08. The van der Waals surface area contributed by atoms with E-state index in [1.807, 2.05) is 25.1 Å². The van der Waals surface area contributed by atoms with Crippen molar-refractivity contribution in [1.29, 1.82) is 0 Å². The maximum absolute atomic E-state index is 10.4. The zero-order valence-electron chi connectivity index (χ0n) is 7.66. The summed E-state index contributed by atoms with van der Waals surface area (Å²) in [7, 11) is 1.75. The molecule has 0 bridgehead atoms. The molecule has 2 heteroatoms. The molecule has 1 aromatic carbocycles. The van der Waals surface area contributed by atoms with E-state index in [1.165, 1.54) is 11.1 Å². The minimum absolute atomic E-state index is 0.810.